The Morgan fingerprint density at radius 3 is 2.71 bits per heavy atom. The van der Waals surface area contributed by atoms with Crippen LogP contribution in [-0.4, -0.2) is 60.5 Å². The SMILES string of the molecule is Cc1nc(C(=O)N(C)C)nc(N2CC[C@@H](NCC=Cc3ccccc3)C2)c1C. The van der Waals surface area contributed by atoms with Crippen molar-refractivity contribution in [3.05, 3.63) is 59.1 Å². The summed E-state index contributed by atoms with van der Waals surface area (Å²) in [7, 11) is 3.44. The van der Waals surface area contributed by atoms with E-state index in [1.165, 1.54) is 10.5 Å². The molecule has 1 saturated heterocycles. The molecule has 1 amide bonds. The Bertz CT molecular complexity index is 848. The number of nitrogens with zero attached hydrogens (tertiary/aromatic N) is 4. The van der Waals surface area contributed by atoms with Gasteiger partial charge in [0.1, 0.15) is 5.82 Å². The Balaban J connectivity index is 1.62. The Morgan fingerprint density at radius 2 is 2.00 bits per heavy atom. The first-order chi connectivity index (χ1) is 13.5. The predicted octanol–water partition coefficient (Wildman–Crippen LogP) is 2.68. The molecule has 6 heteroatoms. The molecule has 0 spiro atoms. The summed E-state index contributed by atoms with van der Waals surface area (Å²) in [6.07, 6.45) is 5.35. The van der Waals surface area contributed by atoms with E-state index in [-0.39, 0.29) is 11.7 Å². The maximum Gasteiger partial charge on any atom is 0.291 e. The number of carbonyl (C=O) groups excluding carboxylic acids is 1. The van der Waals surface area contributed by atoms with Gasteiger partial charge in [-0.2, -0.15) is 0 Å². The number of carbonyl (C=O) groups is 1. The first kappa shape index (κ1) is 20.0. The third-order valence-corrected chi connectivity index (χ3v) is 5.08. The Kier molecular flexibility index (Phi) is 6.41. The minimum atomic E-state index is -0.163. The zero-order chi connectivity index (χ0) is 20.1. The van der Waals surface area contributed by atoms with Gasteiger partial charge in [0.05, 0.1) is 0 Å². The van der Waals surface area contributed by atoms with E-state index in [0.717, 1.165) is 43.1 Å². The Morgan fingerprint density at radius 1 is 1.25 bits per heavy atom. The molecular weight excluding hydrogens is 350 g/mol. The first-order valence-electron chi connectivity index (χ1n) is 9.72. The van der Waals surface area contributed by atoms with Gasteiger partial charge in [-0.05, 0) is 25.8 Å². The topological polar surface area (TPSA) is 61.4 Å². The minimum absolute atomic E-state index is 0.163. The normalized spacial score (nSPS) is 16.7. The molecule has 1 aliphatic rings. The highest BCUT2D eigenvalue weighted by Crippen LogP contribution is 2.24. The van der Waals surface area contributed by atoms with Crippen LogP contribution in [0.15, 0.2) is 36.4 Å². The lowest BCUT2D eigenvalue weighted by molar-refractivity contribution is 0.0815. The van der Waals surface area contributed by atoms with Crippen molar-refractivity contribution in [2.45, 2.75) is 26.3 Å². The maximum atomic E-state index is 12.3. The van der Waals surface area contributed by atoms with Crippen LogP contribution in [-0.2, 0) is 0 Å². The molecule has 3 rings (SSSR count). The van der Waals surface area contributed by atoms with Gasteiger partial charge in [0, 0.05) is 51.0 Å². The molecule has 0 unspecified atom stereocenters. The zero-order valence-electron chi connectivity index (χ0n) is 17.1. The largest absolute Gasteiger partial charge is 0.355 e. The molecular formula is C22H29N5O. The number of rotatable bonds is 6. The fourth-order valence-corrected chi connectivity index (χ4v) is 3.33. The molecule has 1 aliphatic heterocycles. The second-order valence-corrected chi connectivity index (χ2v) is 7.43. The van der Waals surface area contributed by atoms with Crippen molar-refractivity contribution in [3.63, 3.8) is 0 Å². The van der Waals surface area contributed by atoms with Crippen LogP contribution in [0, 0.1) is 13.8 Å². The standard InChI is InChI=1S/C22H29N5O/c1-16-17(2)24-20(22(28)26(3)4)25-21(16)27-14-12-19(15-27)23-13-8-11-18-9-6-5-7-10-18/h5-11,19,23H,12-15H2,1-4H3/t19-/m1/s1. The van der Waals surface area contributed by atoms with Gasteiger partial charge in [0.15, 0.2) is 0 Å². The van der Waals surface area contributed by atoms with Crippen molar-refractivity contribution in [1.82, 2.24) is 20.2 Å². The summed E-state index contributed by atoms with van der Waals surface area (Å²) in [5, 5.41) is 3.59. The quantitative estimate of drug-likeness (QED) is 0.836. The van der Waals surface area contributed by atoms with Crippen LogP contribution < -0.4 is 10.2 Å². The van der Waals surface area contributed by atoms with Gasteiger partial charge in [-0.25, -0.2) is 9.97 Å². The lowest BCUT2D eigenvalue weighted by Gasteiger charge is -2.22. The predicted molar refractivity (Wildman–Crippen MR) is 114 cm³/mol. The number of nitrogens with one attached hydrogen (secondary N) is 1. The lowest BCUT2D eigenvalue weighted by Crippen LogP contribution is -2.33. The second kappa shape index (κ2) is 8.97. The van der Waals surface area contributed by atoms with Crippen LogP contribution >= 0.6 is 0 Å². The summed E-state index contributed by atoms with van der Waals surface area (Å²) < 4.78 is 0. The lowest BCUT2D eigenvalue weighted by atomic mass is 10.2. The molecule has 1 atom stereocenters. The molecule has 6 nitrogen and oxygen atoms in total. The fraction of sp³-hybridized carbons (Fsp3) is 0.409. The molecule has 2 heterocycles. The molecule has 0 radical (unpaired) electrons. The van der Waals surface area contributed by atoms with Crippen molar-refractivity contribution >= 4 is 17.8 Å². The Hall–Kier alpha value is -2.73. The zero-order valence-corrected chi connectivity index (χ0v) is 17.1. The van der Waals surface area contributed by atoms with E-state index in [1.807, 2.05) is 32.0 Å². The number of amides is 1. The summed E-state index contributed by atoms with van der Waals surface area (Å²) in [6.45, 7) is 6.60. The average molecular weight is 380 g/mol. The molecule has 148 valence electrons. The van der Waals surface area contributed by atoms with E-state index >= 15 is 0 Å². The molecule has 1 aromatic heterocycles. The van der Waals surface area contributed by atoms with Gasteiger partial charge in [-0.15, -0.1) is 0 Å². The van der Waals surface area contributed by atoms with Gasteiger partial charge in [-0.3, -0.25) is 4.79 Å². The third kappa shape index (κ3) is 4.75. The van der Waals surface area contributed by atoms with E-state index in [0.29, 0.717) is 6.04 Å². The van der Waals surface area contributed by atoms with Crippen molar-refractivity contribution < 1.29 is 4.79 Å². The van der Waals surface area contributed by atoms with Crippen LogP contribution in [0.2, 0.25) is 0 Å². The van der Waals surface area contributed by atoms with E-state index in [2.05, 4.69) is 44.5 Å². The number of aryl methyl sites for hydroxylation is 1. The molecule has 0 aliphatic carbocycles. The number of hydrogen-bond donors (Lipinski definition) is 1. The smallest absolute Gasteiger partial charge is 0.291 e. The number of anilines is 1. The van der Waals surface area contributed by atoms with Gasteiger partial charge >= 0.3 is 0 Å². The molecule has 0 saturated carbocycles. The highest BCUT2D eigenvalue weighted by atomic mass is 16.2. The molecule has 1 aromatic carbocycles. The van der Waals surface area contributed by atoms with Crippen LogP contribution in [0.1, 0.15) is 33.9 Å². The monoisotopic (exact) mass is 379 g/mol. The molecule has 2 aromatic rings. The van der Waals surface area contributed by atoms with Gasteiger partial charge in [-0.1, -0.05) is 42.5 Å². The summed E-state index contributed by atoms with van der Waals surface area (Å²) in [5.41, 5.74) is 3.11. The minimum Gasteiger partial charge on any atom is -0.355 e. The highest BCUT2D eigenvalue weighted by molar-refractivity contribution is 5.90. The van der Waals surface area contributed by atoms with Crippen molar-refractivity contribution in [2.75, 3.05) is 38.6 Å². The van der Waals surface area contributed by atoms with Crippen LogP contribution in [0.4, 0.5) is 5.82 Å². The van der Waals surface area contributed by atoms with Crippen molar-refractivity contribution in [2.24, 2.45) is 0 Å². The molecule has 0 bridgehead atoms. The van der Waals surface area contributed by atoms with Gasteiger partial charge in [0.25, 0.3) is 5.91 Å². The van der Waals surface area contributed by atoms with Crippen LogP contribution in [0.5, 0.6) is 0 Å². The van der Waals surface area contributed by atoms with Gasteiger partial charge < -0.3 is 15.1 Å². The fourth-order valence-electron chi connectivity index (χ4n) is 3.33. The van der Waals surface area contributed by atoms with Gasteiger partial charge in [0.2, 0.25) is 5.82 Å². The number of aromatic nitrogens is 2. The number of benzene rings is 1. The maximum absolute atomic E-state index is 12.3. The Labute approximate surface area is 167 Å². The van der Waals surface area contributed by atoms with E-state index in [1.54, 1.807) is 14.1 Å². The van der Waals surface area contributed by atoms with Crippen molar-refractivity contribution in [3.8, 4) is 0 Å². The molecule has 28 heavy (non-hydrogen) atoms. The first-order valence-corrected chi connectivity index (χ1v) is 9.72. The average Bonchev–Trinajstić information content (AvgIpc) is 3.16. The number of hydrogen-bond acceptors (Lipinski definition) is 5. The van der Waals surface area contributed by atoms with E-state index in [4.69, 9.17) is 0 Å². The second-order valence-electron chi connectivity index (χ2n) is 7.43. The highest BCUT2D eigenvalue weighted by Gasteiger charge is 2.26. The third-order valence-electron chi connectivity index (χ3n) is 5.08. The summed E-state index contributed by atoms with van der Waals surface area (Å²) >= 11 is 0. The molecule has 1 N–H and O–H groups in total. The summed E-state index contributed by atoms with van der Waals surface area (Å²) in [6, 6.07) is 10.7. The van der Waals surface area contributed by atoms with Crippen LogP contribution in [0.3, 0.4) is 0 Å². The molecule has 1 fully saturated rings. The van der Waals surface area contributed by atoms with Crippen molar-refractivity contribution in [1.29, 1.82) is 0 Å². The van der Waals surface area contributed by atoms with Crippen LogP contribution in [0.25, 0.3) is 6.08 Å². The summed E-state index contributed by atoms with van der Waals surface area (Å²) in [5.74, 6) is 0.983. The summed E-state index contributed by atoms with van der Waals surface area (Å²) in [4.78, 5) is 25.0. The van der Waals surface area contributed by atoms with E-state index in [9.17, 15) is 4.79 Å². The van der Waals surface area contributed by atoms with E-state index < -0.39 is 0 Å².